The van der Waals surface area contributed by atoms with Crippen molar-refractivity contribution < 1.29 is 9.53 Å². The fraction of sp³-hybridized carbons (Fsp3) is 0.136. The topological polar surface area (TPSA) is 124 Å². The number of esters is 1. The number of nitrogens with two attached hydrogens (primary N) is 1. The van der Waals surface area contributed by atoms with Crippen molar-refractivity contribution >= 4 is 34.8 Å². The highest BCUT2D eigenvalue weighted by Crippen LogP contribution is 2.36. The van der Waals surface area contributed by atoms with Crippen molar-refractivity contribution in [2.24, 2.45) is 5.73 Å². The van der Waals surface area contributed by atoms with E-state index in [1.54, 1.807) is 62.1 Å². The van der Waals surface area contributed by atoms with Crippen molar-refractivity contribution in [1.82, 2.24) is 14.5 Å². The number of ether oxygens (including phenoxy) is 1. The summed E-state index contributed by atoms with van der Waals surface area (Å²) in [6, 6.07) is 9.03. The number of thiazole rings is 1. The van der Waals surface area contributed by atoms with Gasteiger partial charge in [0.05, 0.1) is 34.3 Å². The molecular weight excluding hydrogens is 414 g/mol. The lowest BCUT2D eigenvalue weighted by molar-refractivity contribution is -0.136. The molecule has 3 aromatic rings. The average molecular weight is 431 g/mol. The highest BCUT2D eigenvalue weighted by Gasteiger charge is 2.36. The van der Waals surface area contributed by atoms with Crippen molar-refractivity contribution in [3.63, 3.8) is 0 Å². The van der Waals surface area contributed by atoms with Gasteiger partial charge in [-0.2, -0.15) is 5.26 Å². The minimum Gasteiger partial charge on any atom is -0.463 e. The van der Waals surface area contributed by atoms with Gasteiger partial charge < -0.3 is 10.5 Å². The molecular formula is C22H17N5O3S. The highest BCUT2D eigenvalue weighted by molar-refractivity contribution is 7.07. The first kappa shape index (κ1) is 20.3. The molecule has 31 heavy (non-hydrogen) atoms. The number of hydrogen-bond donors (Lipinski definition) is 1. The van der Waals surface area contributed by atoms with Crippen LogP contribution in [0.25, 0.3) is 17.5 Å². The van der Waals surface area contributed by atoms with E-state index in [0.717, 1.165) is 16.9 Å². The van der Waals surface area contributed by atoms with E-state index in [4.69, 9.17) is 10.5 Å². The van der Waals surface area contributed by atoms with Crippen LogP contribution in [-0.4, -0.2) is 27.1 Å². The molecule has 4 heterocycles. The van der Waals surface area contributed by atoms with Gasteiger partial charge in [0.1, 0.15) is 10.5 Å². The number of fused-ring (bicyclic) bond motifs is 1. The van der Waals surface area contributed by atoms with Crippen molar-refractivity contribution in [2.45, 2.75) is 12.8 Å². The van der Waals surface area contributed by atoms with Crippen LogP contribution in [0.3, 0.4) is 0 Å². The number of allylic oxidation sites excluding steroid dienone is 1. The minimum atomic E-state index is -0.765. The molecule has 3 aromatic heterocycles. The Morgan fingerprint density at radius 3 is 2.52 bits per heavy atom. The number of nitriles is 1. The van der Waals surface area contributed by atoms with Crippen LogP contribution in [-0.2, 0) is 9.53 Å². The molecule has 2 N–H and O–H groups in total. The molecule has 1 aliphatic heterocycles. The Labute approximate surface area is 180 Å². The van der Waals surface area contributed by atoms with Gasteiger partial charge >= 0.3 is 5.97 Å². The second-order valence-corrected chi connectivity index (χ2v) is 7.63. The number of nitrogens with zero attached hydrogens (tertiary/aromatic N) is 4. The van der Waals surface area contributed by atoms with E-state index in [1.165, 1.54) is 4.57 Å². The zero-order valence-electron chi connectivity index (χ0n) is 16.5. The molecule has 0 amide bonds. The summed E-state index contributed by atoms with van der Waals surface area (Å²) < 4.78 is 7.24. The van der Waals surface area contributed by atoms with Crippen LogP contribution in [0, 0.1) is 11.3 Å². The Balaban J connectivity index is 2.10. The van der Waals surface area contributed by atoms with Crippen LogP contribution in [0.2, 0.25) is 0 Å². The average Bonchev–Trinajstić information content (AvgIpc) is 3.11. The van der Waals surface area contributed by atoms with Crippen LogP contribution < -0.4 is 20.5 Å². The van der Waals surface area contributed by atoms with E-state index >= 15 is 0 Å². The summed E-state index contributed by atoms with van der Waals surface area (Å²) in [6.07, 6.45) is 8.08. The van der Waals surface area contributed by atoms with Crippen LogP contribution in [0.1, 0.15) is 24.0 Å². The van der Waals surface area contributed by atoms with E-state index in [1.807, 2.05) is 0 Å². The van der Waals surface area contributed by atoms with E-state index in [0.29, 0.717) is 14.8 Å². The Hall–Kier alpha value is -4.03. The Bertz CT molecular complexity index is 1400. The van der Waals surface area contributed by atoms with Crippen molar-refractivity contribution in [3.05, 3.63) is 85.3 Å². The standard InChI is InChI=1S/C22H17N5O3S/c1-2-30-22(29)18-17(14-5-9-26-10-6-14)15(12-23)19(24)27-20(28)16(31-21(18)27)11-13-3-7-25-8-4-13/h3-11,17H,2,24H2,1H3/b16-11+. The second kappa shape index (κ2) is 8.38. The molecule has 1 atom stereocenters. The van der Waals surface area contributed by atoms with Crippen molar-refractivity contribution in [3.8, 4) is 6.07 Å². The summed E-state index contributed by atoms with van der Waals surface area (Å²) in [5.41, 5.74) is 7.63. The molecule has 0 bridgehead atoms. The fourth-order valence-corrected chi connectivity index (χ4v) is 4.62. The summed E-state index contributed by atoms with van der Waals surface area (Å²) in [4.78, 5) is 34.2. The summed E-state index contributed by atoms with van der Waals surface area (Å²) in [6.45, 7) is 1.85. The number of aromatic nitrogens is 3. The van der Waals surface area contributed by atoms with Gasteiger partial charge in [-0.05, 0) is 48.4 Å². The maximum atomic E-state index is 13.2. The normalized spacial score (nSPS) is 16.1. The Morgan fingerprint density at radius 2 is 1.90 bits per heavy atom. The third-order valence-corrected chi connectivity index (χ3v) is 5.92. The molecule has 0 saturated heterocycles. The Morgan fingerprint density at radius 1 is 1.26 bits per heavy atom. The van der Waals surface area contributed by atoms with E-state index in [-0.39, 0.29) is 23.6 Å². The van der Waals surface area contributed by atoms with Crippen LogP contribution in [0.5, 0.6) is 0 Å². The maximum absolute atomic E-state index is 13.2. The molecule has 0 fully saturated rings. The van der Waals surface area contributed by atoms with Crippen molar-refractivity contribution in [2.75, 3.05) is 6.61 Å². The Kier molecular flexibility index (Phi) is 5.47. The van der Waals surface area contributed by atoms with Gasteiger partial charge in [0.25, 0.3) is 5.56 Å². The number of hydrogen-bond acceptors (Lipinski definition) is 8. The van der Waals surface area contributed by atoms with Gasteiger partial charge in [0.2, 0.25) is 0 Å². The number of rotatable bonds is 4. The molecule has 0 aliphatic carbocycles. The molecule has 4 rings (SSSR count). The zero-order chi connectivity index (χ0) is 22.0. The lowest BCUT2D eigenvalue weighted by Gasteiger charge is -2.24. The van der Waals surface area contributed by atoms with Gasteiger partial charge in [-0.3, -0.25) is 19.3 Å². The fourth-order valence-electron chi connectivity index (χ4n) is 3.45. The number of carbonyl (C=O) groups is 1. The van der Waals surface area contributed by atoms with Crippen LogP contribution in [0.15, 0.2) is 59.4 Å². The molecule has 0 saturated carbocycles. The third kappa shape index (κ3) is 3.53. The first-order chi connectivity index (χ1) is 15.1. The summed E-state index contributed by atoms with van der Waals surface area (Å²) in [7, 11) is 0. The molecule has 0 aromatic carbocycles. The van der Waals surface area contributed by atoms with Gasteiger partial charge in [0, 0.05) is 24.8 Å². The quantitative estimate of drug-likeness (QED) is 0.603. The van der Waals surface area contributed by atoms with Gasteiger partial charge in [-0.15, -0.1) is 11.3 Å². The van der Waals surface area contributed by atoms with E-state index in [9.17, 15) is 14.9 Å². The maximum Gasteiger partial charge on any atom is 0.338 e. The highest BCUT2D eigenvalue weighted by atomic mass is 32.1. The van der Waals surface area contributed by atoms with Gasteiger partial charge in [-0.1, -0.05) is 0 Å². The van der Waals surface area contributed by atoms with Crippen molar-refractivity contribution in [1.29, 1.82) is 5.26 Å². The van der Waals surface area contributed by atoms with Gasteiger partial charge in [0.15, 0.2) is 0 Å². The monoisotopic (exact) mass is 431 g/mol. The van der Waals surface area contributed by atoms with E-state index < -0.39 is 17.4 Å². The van der Waals surface area contributed by atoms with Crippen LogP contribution in [0.4, 0.5) is 0 Å². The smallest absolute Gasteiger partial charge is 0.338 e. The lowest BCUT2D eigenvalue weighted by Crippen LogP contribution is -2.40. The van der Waals surface area contributed by atoms with Crippen LogP contribution >= 0.6 is 11.3 Å². The summed E-state index contributed by atoms with van der Waals surface area (Å²) in [5, 5.41) is 9.89. The number of pyridine rings is 2. The van der Waals surface area contributed by atoms with E-state index in [2.05, 4.69) is 16.0 Å². The molecule has 9 heteroatoms. The zero-order valence-corrected chi connectivity index (χ0v) is 17.3. The third-order valence-electron chi connectivity index (χ3n) is 4.81. The first-order valence-corrected chi connectivity index (χ1v) is 10.2. The minimum absolute atomic E-state index is 0.00277. The predicted octanol–water partition coefficient (Wildman–Crippen LogP) is 0.691. The molecule has 8 nitrogen and oxygen atoms in total. The summed E-state index contributed by atoms with van der Waals surface area (Å²) >= 11 is 1.13. The number of carbonyl (C=O) groups excluding carboxylic acids is 1. The first-order valence-electron chi connectivity index (χ1n) is 9.41. The molecule has 0 spiro atoms. The molecule has 0 radical (unpaired) electrons. The SMILES string of the molecule is CCOC(=O)C1=c2s/c(=C/c3ccncc3)c(=O)n2C(N)=C(C#N)C1c1ccncc1. The van der Waals surface area contributed by atoms with Gasteiger partial charge in [-0.25, -0.2) is 4.79 Å². The molecule has 1 aliphatic rings. The predicted molar refractivity (Wildman–Crippen MR) is 116 cm³/mol. The molecule has 154 valence electrons. The lowest BCUT2D eigenvalue weighted by atomic mass is 9.84. The largest absolute Gasteiger partial charge is 0.463 e. The second-order valence-electron chi connectivity index (χ2n) is 6.60. The molecule has 1 unspecified atom stereocenters. The summed E-state index contributed by atoms with van der Waals surface area (Å²) in [5.74, 6) is -1.36.